The Morgan fingerprint density at radius 3 is 2.39 bits per heavy atom. The van der Waals surface area contributed by atoms with Crippen molar-refractivity contribution in [2.45, 2.75) is 33.2 Å². The predicted octanol–water partition coefficient (Wildman–Crippen LogP) is 3.10. The van der Waals surface area contributed by atoms with E-state index in [2.05, 4.69) is 10.3 Å². The minimum atomic E-state index is -0.433. The zero-order valence-corrected chi connectivity index (χ0v) is 14.5. The van der Waals surface area contributed by atoms with Crippen LogP contribution in [0.15, 0.2) is 24.3 Å². The lowest BCUT2D eigenvalue weighted by molar-refractivity contribution is -0.141. The number of amides is 1. The summed E-state index contributed by atoms with van der Waals surface area (Å²) in [6.07, 6.45) is 0.0855. The van der Waals surface area contributed by atoms with Crippen LogP contribution in [-0.2, 0) is 9.53 Å². The third-order valence-electron chi connectivity index (χ3n) is 3.49. The number of aromatic nitrogens is 1. The predicted molar refractivity (Wildman–Crippen MR) is 89.6 cm³/mol. The molecule has 2 rings (SSSR count). The average Bonchev–Trinajstić information content (AvgIpc) is 2.86. The largest absolute Gasteiger partial charge is 0.469 e. The number of ether oxygens (including phenoxy) is 1. The first-order valence-corrected chi connectivity index (χ1v) is 8.10. The van der Waals surface area contributed by atoms with E-state index in [-0.39, 0.29) is 18.3 Å². The van der Waals surface area contributed by atoms with Crippen LogP contribution >= 0.6 is 11.3 Å². The number of aryl methyl sites for hydroxylation is 3. The van der Waals surface area contributed by atoms with E-state index in [1.165, 1.54) is 18.4 Å². The lowest BCUT2D eigenvalue weighted by Gasteiger charge is -2.18. The maximum absolute atomic E-state index is 12.5. The number of rotatable bonds is 5. The molecular weight excluding hydrogens is 312 g/mol. The third kappa shape index (κ3) is 4.39. The Balaban J connectivity index is 2.23. The maximum Gasteiger partial charge on any atom is 0.307 e. The van der Waals surface area contributed by atoms with Crippen molar-refractivity contribution in [3.8, 4) is 0 Å². The number of carbonyl (C=O) groups excluding carboxylic acids is 2. The number of hydrogen-bond acceptors (Lipinski definition) is 5. The number of benzene rings is 1. The van der Waals surface area contributed by atoms with Gasteiger partial charge in [0.25, 0.3) is 5.91 Å². The van der Waals surface area contributed by atoms with E-state index >= 15 is 0 Å². The molecular formula is C17H20N2O3S. The van der Waals surface area contributed by atoms with E-state index in [0.717, 1.165) is 16.1 Å². The highest BCUT2D eigenvalue weighted by atomic mass is 32.1. The first-order chi connectivity index (χ1) is 10.9. The Morgan fingerprint density at radius 1 is 1.22 bits per heavy atom. The Kier molecular flexibility index (Phi) is 5.50. The van der Waals surface area contributed by atoms with Gasteiger partial charge in [-0.05, 0) is 26.3 Å². The van der Waals surface area contributed by atoms with Gasteiger partial charge in [0.15, 0.2) is 0 Å². The minimum absolute atomic E-state index is 0.0855. The molecule has 1 aromatic carbocycles. The molecule has 0 saturated carbocycles. The van der Waals surface area contributed by atoms with E-state index < -0.39 is 6.04 Å². The fourth-order valence-electron chi connectivity index (χ4n) is 2.27. The van der Waals surface area contributed by atoms with Gasteiger partial charge >= 0.3 is 5.97 Å². The number of thiazole rings is 1. The van der Waals surface area contributed by atoms with E-state index in [0.29, 0.717) is 10.6 Å². The SMILES string of the molecule is COC(=O)C[C@@H](NC(=O)c1sc(C)nc1C)c1ccc(C)cc1. The highest BCUT2D eigenvalue weighted by Gasteiger charge is 2.22. The second kappa shape index (κ2) is 7.37. The quantitative estimate of drug-likeness (QED) is 0.854. The Morgan fingerprint density at radius 2 is 1.87 bits per heavy atom. The molecule has 6 heteroatoms. The maximum atomic E-state index is 12.5. The van der Waals surface area contributed by atoms with Gasteiger partial charge in [-0.15, -0.1) is 11.3 Å². The van der Waals surface area contributed by atoms with Crippen LogP contribution in [-0.4, -0.2) is 24.0 Å². The van der Waals surface area contributed by atoms with Crippen molar-refractivity contribution in [2.24, 2.45) is 0 Å². The highest BCUT2D eigenvalue weighted by molar-refractivity contribution is 7.13. The van der Waals surface area contributed by atoms with Crippen LogP contribution in [0.1, 0.15) is 44.0 Å². The first-order valence-electron chi connectivity index (χ1n) is 7.29. The molecule has 2 aromatic rings. The second-order valence-electron chi connectivity index (χ2n) is 5.36. The van der Waals surface area contributed by atoms with Gasteiger partial charge in [-0.2, -0.15) is 0 Å². The summed E-state index contributed by atoms with van der Waals surface area (Å²) in [6, 6.07) is 7.29. The smallest absolute Gasteiger partial charge is 0.307 e. The molecule has 23 heavy (non-hydrogen) atoms. The van der Waals surface area contributed by atoms with E-state index in [1.54, 1.807) is 6.92 Å². The summed E-state index contributed by atoms with van der Waals surface area (Å²) in [5, 5.41) is 3.76. The van der Waals surface area contributed by atoms with Gasteiger partial charge in [0, 0.05) is 0 Å². The van der Waals surface area contributed by atoms with Crippen LogP contribution in [0.5, 0.6) is 0 Å². The first kappa shape index (κ1) is 17.1. The molecule has 0 aliphatic rings. The van der Waals surface area contributed by atoms with Crippen molar-refractivity contribution in [2.75, 3.05) is 7.11 Å². The molecule has 0 fully saturated rings. The monoisotopic (exact) mass is 332 g/mol. The number of hydrogen-bond donors (Lipinski definition) is 1. The molecule has 5 nitrogen and oxygen atoms in total. The summed E-state index contributed by atoms with van der Waals surface area (Å²) in [5.41, 5.74) is 2.68. The standard InChI is InChI=1S/C17H20N2O3S/c1-10-5-7-13(8-6-10)14(9-15(20)22-4)19-17(21)16-11(2)18-12(3)23-16/h5-8,14H,9H2,1-4H3,(H,19,21)/t14-/m1/s1. The summed E-state index contributed by atoms with van der Waals surface area (Å²) >= 11 is 1.35. The van der Waals surface area contributed by atoms with Crippen LogP contribution in [0.2, 0.25) is 0 Å². The molecule has 1 N–H and O–H groups in total. The number of nitrogens with one attached hydrogen (secondary N) is 1. The van der Waals surface area contributed by atoms with Crippen LogP contribution in [0.3, 0.4) is 0 Å². The van der Waals surface area contributed by atoms with Gasteiger partial charge in [-0.25, -0.2) is 4.98 Å². The molecule has 0 spiro atoms. The van der Waals surface area contributed by atoms with Crippen LogP contribution in [0.25, 0.3) is 0 Å². The summed E-state index contributed by atoms with van der Waals surface area (Å²) in [7, 11) is 1.34. The molecule has 0 aliphatic heterocycles. The molecule has 0 unspecified atom stereocenters. The fourth-order valence-corrected chi connectivity index (χ4v) is 3.09. The Labute approximate surface area is 139 Å². The molecule has 0 radical (unpaired) electrons. The third-order valence-corrected chi connectivity index (χ3v) is 4.56. The van der Waals surface area contributed by atoms with Crippen LogP contribution in [0, 0.1) is 20.8 Å². The molecule has 0 aliphatic carbocycles. The van der Waals surface area contributed by atoms with Gasteiger partial charge in [0.1, 0.15) is 4.88 Å². The molecule has 1 amide bonds. The molecule has 1 atom stereocenters. The zero-order valence-electron chi connectivity index (χ0n) is 13.7. The molecule has 0 saturated heterocycles. The van der Waals surface area contributed by atoms with Crippen molar-refractivity contribution < 1.29 is 14.3 Å². The number of carbonyl (C=O) groups is 2. The lowest BCUT2D eigenvalue weighted by atomic mass is 10.0. The summed E-state index contributed by atoms with van der Waals surface area (Å²) < 4.78 is 4.74. The van der Waals surface area contributed by atoms with Crippen molar-refractivity contribution in [3.63, 3.8) is 0 Å². The lowest BCUT2D eigenvalue weighted by Crippen LogP contribution is -2.30. The summed E-state index contributed by atoms with van der Waals surface area (Å²) in [4.78, 5) is 29.0. The van der Waals surface area contributed by atoms with Gasteiger partial charge in [-0.3, -0.25) is 9.59 Å². The zero-order chi connectivity index (χ0) is 17.0. The van der Waals surface area contributed by atoms with Crippen molar-refractivity contribution in [1.82, 2.24) is 10.3 Å². The van der Waals surface area contributed by atoms with Gasteiger partial charge in [-0.1, -0.05) is 29.8 Å². The average molecular weight is 332 g/mol. The van der Waals surface area contributed by atoms with Gasteiger partial charge < -0.3 is 10.1 Å². The van der Waals surface area contributed by atoms with Crippen molar-refractivity contribution >= 4 is 23.2 Å². The Hall–Kier alpha value is -2.21. The van der Waals surface area contributed by atoms with Gasteiger partial charge in [0.05, 0.1) is 30.3 Å². The fraction of sp³-hybridized carbons (Fsp3) is 0.353. The van der Waals surface area contributed by atoms with E-state index in [4.69, 9.17) is 4.74 Å². The number of methoxy groups -OCH3 is 1. The molecule has 1 aromatic heterocycles. The summed E-state index contributed by atoms with van der Waals surface area (Å²) in [6.45, 7) is 5.65. The van der Waals surface area contributed by atoms with E-state index in [1.807, 2.05) is 38.1 Å². The Bertz CT molecular complexity index is 707. The number of nitrogens with zero attached hydrogens (tertiary/aromatic N) is 1. The van der Waals surface area contributed by atoms with Crippen LogP contribution in [0.4, 0.5) is 0 Å². The van der Waals surface area contributed by atoms with Crippen LogP contribution < -0.4 is 5.32 Å². The normalized spacial score (nSPS) is 11.8. The second-order valence-corrected chi connectivity index (χ2v) is 6.57. The topological polar surface area (TPSA) is 68.3 Å². The molecule has 0 bridgehead atoms. The highest BCUT2D eigenvalue weighted by Crippen LogP contribution is 2.22. The summed E-state index contributed by atoms with van der Waals surface area (Å²) in [5.74, 6) is -0.587. The van der Waals surface area contributed by atoms with Crippen molar-refractivity contribution in [1.29, 1.82) is 0 Å². The number of esters is 1. The van der Waals surface area contributed by atoms with Crippen molar-refractivity contribution in [3.05, 3.63) is 51.0 Å². The molecule has 122 valence electrons. The van der Waals surface area contributed by atoms with Gasteiger partial charge in [0.2, 0.25) is 0 Å². The minimum Gasteiger partial charge on any atom is -0.469 e. The molecule has 1 heterocycles. The van der Waals surface area contributed by atoms with E-state index in [9.17, 15) is 9.59 Å².